The van der Waals surface area contributed by atoms with Crippen LogP contribution >= 0.6 is 36.7 Å². The van der Waals surface area contributed by atoms with Crippen molar-refractivity contribution in [2.24, 2.45) is 4.99 Å². The number of amides is 1. The molecule has 0 aromatic heterocycles. The van der Waals surface area contributed by atoms with Gasteiger partial charge in [-0.25, -0.2) is 18.6 Å². The number of halogens is 4. The monoisotopic (exact) mass is 706 g/mol. The SMILES string of the molecule is CC(C)(C)OC(=O)N1CCN(C2=NC(OC[C@@]34CCCN3C[C@H](F)C4)=Ic3cc(Br)c(F)cc32)CC12CC2. The third-order valence-electron chi connectivity index (χ3n) is 8.24. The fraction of sp³-hybridized carbons (Fsp3) is 0.667. The smallest absolute Gasteiger partial charge is 0.410 e. The first-order valence-corrected chi connectivity index (χ1v) is 16.3. The Morgan fingerprint density at radius 2 is 2.03 bits per heavy atom. The zero-order valence-electron chi connectivity index (χ0n) is 22.0. The van der Waals surface area contributed by atoms with Gasteiger partial charge in [0.05, 0.1) is 16.6 Å². The van der Waals surface area contributed by atoms with E-state index in [-0.39, 0.29) is 23.0 Å². The van der Waals surface area contributed by atoms with Crippen molar-refractivity contribution in [2.45, 2.75) is 75.7 Å². The Morgan fingerprint density at radius 3 is 2.76 bits per heavy atom. The average molecular weight is 707 g/mol. The van der Waals surface area contributed by atoms with Crippen LogP contribution in [0.1, 0.15) is 58.4 Å². The molecule has 5 aliphatic rings. The number of carbonyl (C=O) groups is 1. The van der Waals surface area contributed by atoms with Crippen molar-refractivity contribution in [1.82, 2.24) is 14.7 Å². The highest BCUT2D eigenvalue weighted by Crippen LogP contribution is 2.46. The molecule has 6 rings (SSSR count). The maximum Gasteiger partial charge on any atom is 0.410 e. The summed E-state index contributed by atoms with van der Waals surface area (Å²) in [7, 11) is 0. The Balaban J connectivity index is 1.26. The summed E-state index contributed by atoms with van der Waals surface area (Å²) in [5.74, 6) is 0.386. The summed E-state index contributed by atoms with van der Waals surface area (Å²) in [6, 6.07) is 3.42. The first-order valence-electron chi connectivity index (χ1n) is 13.3. The molecule has 4 aliphatic heterocycles. The number of benzene rings is 1. The molecule has 4 fully saturated rings. The van der Waals surface area contributed by atoms with Crippen LogP contribution in [-0.4, -0.2) is 92.6 Å². The van der Waals surface area contributed by atoms with E-state index in [9.17, 15) is 13.6 Å². The van der Waals surface area contributed by atoms with E-state index in [1.165, 1.54) is 0 Å². The molecule has 11 heteroatoms. The van der Waals surface area contributed by atoms with Gasteiger partial charge in [0.25, 0.3) is 0 Å². The first kappa shape index (κ1) is 27.0. The van der Waals surface area contributed by atoms with Gasteiger partial charge >= 0.3 is 6.09 Å². The number of carbonyl (C=O) groups excluding carboxylic acids is 1. The number of amidine groups is 1. The molecule has 1 amide bonds. The number of nitrogens with zero attached hydrogens (tertiary/aromatic N) is 4. The van der Waals surface area contributed by atoms with Crippen molar-refractivity contribution < 1.29 is 23.0 Å². The lowest BCUT2D eigenvalue weighted by Gasteiger charge is -2.44. The van der Waals surface area contributed by atoms with E-state index in [1.54, 1.807) is 6.07 Å². The van der Waals surface area contributed by atoms with Gasteiger partial charge in [-0.15, -0.1) is 0 Å². The van der Waals surface area contributed by atoms with Crippen LogP contribution in [0.5, 0.6) is 0 Å². The van der Waals surface area contributed by atoms with Crippen molar-refractivity contribution in [3.05, 3.63) is 31.6 Å². The van der Waals surface area contributed by atoms with Crippen molar-refractivity contribution in [2.75, 3.05) is 39.3 Å². The van der Waals surface area contributed by atoms with Crippen LogP contribution in [0.4, 0.5) is 13.6 Å². The predicted molar refractivity (Wildman–Crippen MR) is 154 cm³/mol. The van der Waals surface area contributed by atoms with E-state index in [2.05, 4.69) is 25.7 Å². The van der Waals surface area contributed by atoms with Crippen LogP contribution in [0, 0.1) is 9.39 Å². The molecule has 0 radical (unpaired) electrons. The number of piperazine rings is 1. The third-order valence-corrected chi connectivity index (χ3v) is 11.3. The lowest BCUT2D eigenvalue weighted by molar-refractivity contribution is 0.000603. The van der Waals surface area contributed by atoms with Gasteiger partial charge in [0.2, 0.25) is 3.82 Å². The topological polar surface area (TPSA) is 57.6 Å². The standard InChI is InChI=1S/C27H34BrF2IN4O3/c1-25(2,3)38-24(36)35-10-9-33(15-26(35)6-7-26)22-18-11-20(30)19(28)12-21(18)31-23(32-22)37-16-27-5-4-8-34(27)14-17(29)13-27/h11-12,17H,4-10,13-16H2,1-3H3/t17-,27+/m1/s1. The van der Waals surface area contributed by atoms with Gasteiger partial charge in [-0.3, -0.25) is 9.80 Å². The minimum atomic E-state index is -0.806. The van der Waals surface area contributed by atoms with E-state index in [0.717, 1.165) is 41.4 Å². The Labute approximate surface area is 240 Å². The molecule has 0 N–H and O–H groups in total. The summed E-state index contributed by atoms with van der Waals surface area (Å²) in [5.41, 5.74) is -0.277. The molecule has 3 saturated heterocycles. The van der Waals surface area contributed by atoms with Gasteiger partial charge < -0.3 is 14.4 Å². The summed E-state index contributed by atoms with van der Waals surface area (Å²) < 4.78 is 43.3. The van der Waals surface area contributed by atoms with Crippen LogP contribution in [0.3, 0.4) is 0 Å². The summed E-state index contributed by atoms with van der Waals surface area (Å²) in [4.78, 5) is 24.2. The lowest BCUT2D eigenvalue weighted by atomic mass is 9.95. The number of fused-ring (bicyclic) bond motifs is 2. The largest absolute Gasteiger partial charge is 0.444 e. The van der Waals surface area contributed by atoms with E-state index in [1.807, 2.05) is 31.7 Å². The predicted octanol–water partition coefficient (Wildman–Crippen LogP) is 5.25. The average Bonchev–Trinajstić information content (AvgIpc) is 3.36. The van der Waals surface area contributed by atoms with Gasteiger partial charge in [0.1, 0.15) is 23.4 Å². The number of ether oxygens (including phenoxy) is 2. The Morgan fingerprint density at radius 1 is 1.24 bits per heavy atom. The summed E-state index contributed by atoms with van der Waals surface area (Å²) in [5, 5.41) is 0. The minimum Gasteiger partial charge on any atom is -0.444 e. The highest BCUT2D eigenvalue weighted by molar-refractivity contribution is 14.2. The second-order valence-electron chi connectivity index (χ2n) is 12.2. The first-order chi connectivity index (χ1) is 18.0. The molecular weight excluding hydrogens is 673 g/mol. The zero-order valence-corrected chi connectivity index (χ0v) is 25.8. The molecule has 0 unspecified atom stereocenters. The van der Waals surface area contributed by atoms with Crippen LogP contribution in [-0.2, 0) is 9.47 Å². The summed E-state index contributed by atoms with van der Waals surface area (Å²) >= 11 is 2.59. The number of rotatable bonds is 3. The number of aliphatic imine (C=N–C) groups is 1. The van der Waals surface area contributed by atoms with Gasteiger partial charge in [-0.1, -0.05) is 0 Å². The summed E-state index contributed by atoms with van der Waals surface area (Å²) in [6.07, 6.45) is 3.24. The number of hydrogen-bond donors (Lipinski definition) is 0. The summed E-state index contributed by atoms with van der Waals surface area (Å²) in [6.45, 7) is 9.19. The maximum atomic E-state index is 14.7. The molecule has 1 spiro atoms. The van der Waals surface area contributed by atoms with Gasteiger partial charge in [-0.05, 0) is 102 Å². The maximum absolute atomic E-state index is 14.7. The Bertz CT molecular complexity index is 1220. The van der Waals surface area contributed by atoms with Crippen LogP contribution in [0.2, 0.25) is 0 Å². The second-order valence-corrected chi connectivity index (χ2v) is 15.6. The molecule has 208 valence electrons. The molecular formula is C27H34BrF2IN4O3. The van der Waals surface area contributed by atoms with Crippen molar-refractivity contribution in [3.63, 3.8) is 0 Å². The molecule has 1 aromatic rings. The van der Waals surface area contributed by atoms with E-state index >= 15 is 0 Å². The molecule has 0 bridgehead atoms. The lowest BCUT2D eigenvalue weighted by Crippen LogP contribution is -2.59. The molecule has 1 aromatic carbocycles. The second kappa shape index (κ2) is 9.73. The molecule has 1 saturated carbocycles. The van der Waals surface area contributed by atoms with E-state index in [4.69, 9.17) is 14.5 Å². The number of hydrogen-bond acceptors (Lipinski definition) is 6. The Hall–Kier alpha value is -1.18. The fourth-order valence-corrected chi connectivity index (χ4v) is 9.38. The van der Waals surface area contributed by atoms with Crippen molar-refractivity contribution in [1.29, 1.82) is 0 Å². The van der Waals surface area contributed by atoms with Gasteiger partial charge in [0, 0.05) is 47.3 Å². The van der Waals surface area contributed by atoms with Crippen LogP contribution in [0.15, 0.2) is 21.6 Å². The quantitative estimate of drug-likeness (QED) is 0.318. The third kappa shape index (κ3) is 5.05. The zero-order chi connectivity index (χ0) is 26.9. The van der Waals surface area contributed by atoms with Crippen molar-refractivity contribution >= 4 is 52.4 Å². The molecule has 4 heterocycles. The van der Waals surface area contributed by atoms with E-state index in [0.29, 0.717) is 53.3 Å². The minimum absolute atomic E-state index is 0.243. The van der Waals surface area contributed by atoms with Crippen molar-refractivity contribution in [3.8, 4) is 0 Å². The Kier molecular flexibility index (Phi) is 6.91. The highest BCUT2D eigenvalue weighted by atomic mass is 127. The van der Waals surface area contributed by atoms with Gasteiger partial charge in [-0.2, -0.15) is 0 Å². The van der Waals surface area contributed by atoms with Crippen LogP contribution < -0.4 is 0 Å². The molecule has 7 nitrogen and oxygen atoms in total. The highest BCUT2D eigenvalue weighted by Gasteiger charge is 2.55. The molecule has 2 atom stereocenters. The van der Waals surface area contributed by atoms with E-state index < -0.39 is 32.5 Å². The van der Waals surface area contributed by atoms with Crippen LogP contribution in [0.25, 0.3) is 0 Å². The van der Waals surface area contributed by atoms with Gasteiger partial charge in [0.15, 0.2) is 0 Å². The molecule has 1 aliphatic carbocycles. The normalized spacial score (nSPS) is 28.4. The molecule has 38 heavy (non-hydrogen) atoms. The number of alkyl halides is 1. The fourth-order valence-electron chi connectivity index (χ4n) is 6.30.